The highest BCUT2D eigenvalue weighted by Gasteiger charge is 2.48. The van der Waals surface area contributed by atoms with Crippen molar-refractivity contribution in [3.05, 3.63) is 177 Å². The quantitative estimate of drug-likeness (QED) is 0.155. The van der Waals surface area contributed by atoms with Crippen molar-refractivity contribution in [1.29, 1.82) is 0 Å². The minimum atomic E-state index is -0.675. The highest BCUT2D eigenvalue weighted by atomic mass is 16.3. The SMILES string of the molecule is Cc1cc(C2(C)c3ccccc3-c3ccccc32)c(O)c(C(C)(C)N(CCN(C)C)C(C)(C)c2cc(C)cc(C3(C)c4ccccc4-c4ccccc43)c2O)c1. The number of rotatable bonds is 9. The molecule has 56 heavy (non-hydrogen) atoms. The van der Waals surface area contributed by atoms with Crippen LogP contribution in [0.15, 0.2) is 121 Å². The zero-order valence-corrected chi connectivity index (χ0v) is 34.8. The molecule has 0 unspecified atom stereocenters. The van der Waals surface area contributed by atoms with E-state index in [0.29, 0.717) is 18.0 Å². The summed E-state index contributed by atoms with van der Waals surface area (Å²) in [5, 5.41) is 25.6. The fourth-order valence-electron chi connectivity index (χ4n) is 10.6. The molecule has 0 spiro atoms. The van der Waals surface area contributed by atoms with Gasteiger partial charge in [0.1, 0.15) is 11.5 Å². The maximum absolute atomic E-state index is 12.8. The van der Waals surface area contributed by atoms with Gasteiger partial charge >= 0.3 is 0 Å². The molecular formula is C52H56N2O2. The molecule has 0 atom stereocenters. The van der Waals surface area contributed by atoms with Crippen LogP contribution in [-0.2, 0) is 21.9 Å². The van der Waals surface area contributed by atoms with Crippen molar-refractivity contribution in [1.82, 2.24) is 9.80 Å². The molecule has 4 heteroatoms. The second kappa shape index (κ2) is 13.2. The smallest absolute Gasteiger partial charge is 0.125 e. The Morgan fingerprint density at radius 1 is 0.464 bits per heavy atom. The van der Waals surface area contributed by atoms with Crippen LogP contribution in [0.4, 0.5) is 0 Å². The molecule has 6 aromatic carbocycles. The summed E-state index contributed by atoms with van der Waals surface area (Å²) in [4.78, 5) is 4.71. The van der Waals surface area contributed by atoms with Crippen LogP contribution in [0, 0.1) is 13.8 Å². The van der Waals surface area contributed by atoms with E-state index in [0.717, 1.165) is 39.9 Å². The first-order valence-corrected chi connectivity index (χ1v) is 20.0. The fourth-order valence-corrected chi connectivity index (χ4v) is 10.6. The Balaban J connectivity index is 1.30. The molecule has 286 valence electrons. The monoisotopic (exact) mass is 740 g/mol. The first-order valence-electron chi connectivity index (χ1n) is 20.0. The van der Waals surface area contributed by atoms with Gasteiger partial charge in [0, 0.05) is 57.3 Å². The first-order chi connectivity index (χ1) is 26.5. The Morgan fingerprint density at radius 3 is 1.07 bits per heavy atom. The average Bonchev–Trinajstić information content (AvgIpc) is 3.59. The largest absolute Gasteiger partial charge is 0.507 e. The molecule has 0 fully saturated rings. The Bertz CT molecular complexity index is 2250. The average molecular weight is 741 g/mol. The number of aromatic hydroxyl groups is 2. The summed E-state index contributed by atoms with van der Waals surface area (Å²) in [5.74, 6) is 0.641. The van der Waals surface area contributed by atoms with Crippen molar-refractivity contribution in [2.45, 2.75) is 77.3 Å². The molecule has 0 saturated heterocycles. The van der Waals surface area contributed by atoms with Gasteiger partial charge in [-0.1, -0.05) is 132 Å². The van der Waals surface area contributed by atoms with Crippen molar-refractivity contribution < 1.29 is 10.2 Å². The maximum atomic E-state index is 12.8. The van der Waals surface area contributed by atoms with E-state index in [1.807, 2.05) is 0 Å². The third kappa shape index (κ3) is 5.40. The van der Waals surface area contributed by atoms with E-state index in [9.17, 15) is 10.2 Å². The molecule has 0 radical (unpaired) electrons. The van der Waals surface area contributed by atoms with Crippen LogP contribution in [0.2, 0.25) is 0 Å². The Labute approximate surface area is 334 Å². The molecule has 4 nitrogen and oxygen atoms in total. The molecular weight excluding hydrogens is 685 g/mol. The molecule has 0 amide bonds. The summed E-state index contributed by atoms with van der Waals surface area (Å²) < 4.78 is 0. The van der Waals surface area contributed by atoms with Crippen LogP contribution in [0.25, 0.3) is 22.3 Å². The predicted molar refractivity (Wildman–Crippen MR) is 232 cm³/mol. The fraction of sp³-hybridized carbons (Fsp3) is 0.308. The van der Waals surface area contributed by atoms with Crippen molar-refractivity contribution in [2.75, 3.05) is 27.2 Å². The van der Waals surface area contributed by atoms with E-state index in [2.05, 4.69) is 201 Å². The van der Waals surface area contributed by atoms with Gasteiger partial charge in [-0.2, -0.15) is 0 Å². The molecule has 0 aliphatic heterocycles. The van der Waals surface area contributed by atoms with Crippen LogP contribution in [0.3, 0.4) is 0 Å². The second-order valence-corrected chi connectivity index (χ2v) is 17.9. The number of hydrogen-bond donors (Lipinski definition) is 2. The van der Waals surface area contributed by atoms with Crippen LogP contribution in [0.5, 0.6) is 11.5 Å². The molecule has 0 aromatic heterocycles. The van der Waals surface area contributed by atoms with Gasteiger partial charge in [0.15, 0.2) is 0 Å². The van der Waals surface area contributed by atoms with Crippen molar-refractivity contribution in [3.8, 4) is 33.8 Å². The molecule has 6 aromatic rings. The van der Waals surface area contributed by atoms with Crippen LogP contribution < -0.4 is 0 Å². The molecule has 2 N–H and O–H groups in total. The van der Waals surface area contributed by atoms with Crippen LogP contribution >= 0.6 is 0 Å². The van der Waals surface area contributed by atoms with Gasteiger partial charge < -0.3 is 15.1 Å². The number of benzene rings is 6. The van der Waals surface area contributed by atoms with Gasteiger partial charge in [-0.15, -0.1) is 0 Å². The summed E-state index contributed by atoms with van der Waals surface area (Å²) in [6.45, 7) is 19.3. The van der Waals surface area contributed by atoms with Gasteiger partial charge in [-0.25, -0.2) is 0 Å². The third-order valence-electron chi connectivity index (χ3n) is 13.5. The Kier molecular flexibility index (Phi) is 8.91. The highest BCUT2D eigenvalue weighted by Crippen LogP contribution is 2.58. The number of aryl methyl sites for hydroxylation is 2. The van der Waals surface area contributed by atoms with Crippen LogP contribution in [-0.4, -0.2) is 47.2 Å². The molecule has 0 bridgehead atoms. The van der Waals surface area contributed by atoms with Crippen LogP contribution in [0.1, 0.15) is 97.2 Å². The minimum absolute atomic E-state index is 0.320. The van der Waals surface area contributed by atoms with E-state index in [4.69, 9.17) is 0 Å². The summed E-state index contributed by atoms with van der Waals surface area (Å²) in [6, 6.07) is 43.2. The number of phenols is 2. The lowest BCUT2D eigenvalue weighted by atomic mass is 9.70. The summed E-state index contributed by atoms with van der Waals surface area (Å²) in [7, 11) is 4.21. The van der Waals surface area contributed by atoms with E-state index >= 15 is 0 Å². The number of likely N-dealkylation sites (N-methyl/N-ethyl adjacent to an activating group) is 1. The topological polar surface area (TPSA) is 46.9 Å². The van der Waals surface area contributed by atoms with E-state index < -0.39 is 21.9 Å². The lowest BCUT2D eigenvalue weighted by Gasteiger charge is -2.50. The Morgan fingerprint density at radius 2 is 0.768 bits per heavy atom. The van der Waals surface area contributed by atoms with Gasteiger partial charge in [0.2, 0.25) is 0 Å². The zero-order chi connectivity index (χ0) is 39.9. The lowest BCUT2D eigenvalue weighted by molar-refractivity contribution is 0.00280. The summed E-state index contributed by atoms with van der Waals surface area (Å²) in [6.07, 6.45) is 0. The zero-order valence-electron chi connectivity index (χ0n) is 34.8. The highest BCUT2D eigenvalue weighted by molar-refractivity contribution is 5.85. The van der Waals surface area contributed by atoms with E-state index in [-0.39, 0.29) is 0 Å². The molecule has 0 saturated carbocycles. The van der Waals surface area contributed by atoms with E-state index in [1.165, 1.54) is 44.5 Å². The molecule has 0 heterocycles. The number of hydrogen-bond acceptors (Lipinski definition) is 4. The molecule has 8 rings (SSSR count). The summed E-state index contributed by atoms with van der Waals surface area (Å²) in [5.41, 5.74) is 13.0. The van der Waals surface area contributed by atoms with Gasteiger partial charge in [0.25, 0.3) is 0 Å². The number of fused-ring (bicyclic) bond motifs is 6. The predicted octanol–water partition coefficient (Wildman–Crippen LogP) is 11.4. The summed E-state index contributed by atoms with van der Waals surface area (Å²) >= 11 is 0. The standard InChI is InChI=1S/C52H56N2O2/c1-33-29-43(47(55)45(31-33)51(7)39-23-15-11-19-35(39)36-20-12-16-24-40(36)51)49(3,4)54(28-27-53(9)10)50(5,6)44-30-34(2)32-46(48(44)56)52(8)41-25-17-13-21-37(41)38-22-14-18-26-42(38)52/h11-26,29-32,55-56H,27-28H2,1-10H3. The first kappa shape index (κ1) is 37.7. The number of phenolic OH excluding ortho intramolecular Hbond substituents is 2. The van der Waals surface area contributed by atoms with Gasteiger partial charge in [-0.3, -0.25) is 4.90 Å². The minimum Gasteiger partial charge on any atom is -0.507 e. The molecule has 2 aliphatic carbocycles. The third-order valence-corrected chi connectivity index (χ3v) is 13.5. The number of nitrogens with zero attached hydrogens (tertiary/aromatic N) is 2. The van der Waals surface area contributed by atoms with Crippen molar-refractivity contribution in [3.63, 3.8) is 0 Å². The molecule has 2 aliphatic rings. The van der Waals surface area contributed by atoms with E-state index in [1.54, 1.807) is 0 Å². The van der Waals surface area contributed by atoms with Crippen molar-refractivity contribution in [2.24, 2.45) is 0 Å². The van der Waals surface area contributed by atoms with Gasteiger partial charge in [0.05, 0.1) is 0 Å². The van der Waals surface area contributed by atoms with Gasteiger partial charge in [-0.05, 0) is 114 Å². The van der Waals surface area contributed by atoms with Crippen molar-refractivity contribution >= 4 is 0 Å². The second-order valence-electron chi connectivity index (χ2n) is 17.9. The Hall–Kier alpha value is -5.16. The normalized spacial score (nSPS) is 15.1. The maximum Gasteiger partial charge on any atom is 0.125 e. The lowest BCUT2D eigenvalue weighted by Crippen LogP contribution is -2.54.